The van der Waals surface area contributed by atoms with Crippen LogP contribution in [0.3, 0.4) is 0 Å². The molecule has 0 aromatic carbocycles. The maximum absolute atomic E-state index is 12.0. The van der Waals surface area contributed by atoms with Gasteiger partial charge in [0.15, 0.2) is 11.5 Å². The number of ether oxygens (including phenoxy) is 1. The fourth-order valence-corrected chi connectivity index (χ4v) is 1.66. The van der Waals surface area contributed by atoms with Gasteiger partial charge in [-0.1, -0.05) is 0 Å². The molecule has 0 spiro atoms. The van der Waals surface area contributed by atoms with Gasteiger partial charge in [-0.25, -0.2) is 14.8 Å². The number of carbonyl (C=O) groups is 2. The van der Waals surface area contributed by atoms with E-state index in [0.29, 0.717) is 0 Å². The van der Waals surface area contributed by atoms with E-state index in [4.69, 9.17) is 10.5 Å². The van der Waals surface area contributed by atoms with Crippen LogP contribution in [0.15, 0.2) is 26.2 Å². The second kappa shape index (κ2) is 4.52. The number of nitrogens with two attached hydrogens (primary N) is 1. The van der Waals surface area contributed by atoms with Crippen LogP contribution in [-0.2, 0) is 14.3 Å². The van der Waals surface area contributed by atoms with Crippen molar-refractivity contribution in [2.75, 3.05) is 6.61 Å². The molecule has 2 N–H and O–H groups in total. The predicted octanol–water partition coefficient (Wildman–Crippen LogP) is -0.180. The van der Waals surface area contributed by atoms with Crippen LogP contribution in [0.2, 0.25) is 0 Å². The fraction of sp³-hybridized carbons (Fsp3) is 0.364. The van der Waals surface area contributed by atoms with E-state index >= 15 is 0 Å². The van der Waals surface area contributed by atoms with Gasteiger partial charge >= 0.3 is 5.97 Å². The van der Waals surface area contributed by atoms with Gasteiger partial charge in [-0.3, -0.25) is 4.79 Å². The highest BCUT2D eigenvalue weighted by molar-refractivity contribution is 6.28. The van der Waals surface area contributed by atoms with Crippen molar-refractivity contribution >= 4 is 29.8 Å². The highest BCUT2D eigenvalue weighted by Gasteiger charge is 2.34. The van der Waals surface area contributed by atoms with Crippen LogP contribution in [0.25, 0.3) is 0 Å². The minimum Gasteiger partial charge on any atom is -0.461 e. The minimum atomic E-state index is -0.657. The number of Topliss-reactive ketones (excluding diaryl/α,β-unsaturated/α-hetero) is 1. The maximum atomic E-state index is 12.0. The second-order valence-electron chi connectivity index (χ2n) is 3.75. The quantitative estimate of drug-likeness (QED) is 0.684. The summed E-state index contributed by atoms with van der Waals surface area (Å²) >= 11 is 0. The monoisotopic (exact) mass is 248 g/mol. The Morgan fingerprint density at radius 1 is 1.50 bits per heavy atom. The summed E-state index contributed by atoms with van der Waals surface area (Å²) in [7, 11) is 0. The molecule has 1 atom stereocenters. The molecule has 0 radical (unpaired) electrons. The number of carbonyl (C=O) groups excluding carboxylic acids is 2. The van der Waals surface area contributed by atoms with Crippen molar-refractivity contribution < 1.29 is 14.3 Å². The number of hydrogen-bond acceptors (Lipinski definition) is 7. The van der Waals surface area contributed by atoms with Crippen LogP contribution in [0.4, 0.5) is 0 Å². The molecule has 0 aliphatic carbocycles. The highest BCUT2D eigenvalue weighted by atomic mass is 16.5. The van der Waals surface area contributed by atoms with E-state index in [2.05, 4.69) is 15.0 Å². The van der Waals surface area contributed by atoms with Gasteiger partial charge in [0.25, 0.3) is 0 Å². The molecule has 0 amide bonds. The summed E-state index contributed by atoms with van der Waals surface area (Å²) in [6.45, 7) is 3.42. The lowest BCUT2D eigenvalue weighted by molar-refractivity contribution is -0.139. The molecule has 0 aromatic rings. The molecule has 2 aliphatic heterocycles. The first kappa shape index (κ1) is 12.2. The molecule has 7 nitrogen and oxygen atoms in total. The Bertz CT molecular complexity index is 542. The number of hydrogen-bond donors (Lipinski definition) is 1. The Morgan fingerprint density at radius 2 is 2.22 bits per heavy atom. The van der Waals surface area contributed by atoms with E-state index in [1.807, 2.05) is 0 Å². The average Bonchev–Trinajstić information content (AvgIpc) is 2.33. The lowest BCUT2D eigenvalue weighted by Crippen LogP contribution is -2.35. The number of nitrogens with zero attached hydrogens (tertiary/aromatic N) is 3. The summed E-state index contributed by atoms with van der Waals surface area (Å²) in [5, 5.41) is 0. The number of fused-ring (bicyclic) bond motifs is 1. The third-order valence-electron chi connectivity index (χ3n) is 2.57. The molecule has 7 heteroatoms. The topological polar surface area (TPSA) is 106 Å². The van der Waals surface area contributed by atoms with E-state index in [1.54, 1.807) is 6.92 Å². The largest absolute Gasteiger partial charge is 0.461 e. The maximum Gasteiger partial charge on any atom is 0.357 e. The van der Waals surface area contributed by atoms with Crippen LogP contribution < -0.4 is 5.73 Å². The van der Waals surface area contributed by atoms with E-state index in [1.165, 1.54) is 13.1 Å². The van der Waals surface area contributed by atoms with Gasteiger partial charge < -0.3 is 10.5 Å². The molecule has 2 heterocycles. The lowest BCUT2D eigenvalue weighted by Gasteiger charge is -2.20. The molecule has 0 fully saturated rings. The normalized spacial score (nSPS) is 22.3. The zero-order valence-electron chi connectivity index (χ0n) is 10.0. The molecule has 2 rings (SSSR count). The van der Waals surface area contributed by atoms with Crippen molar-refractivity contribution in [2.24, 2.45) is 26.6 Å². The van der Waals surface area contributed by atoms with Crippen molar-refractivity contribution in [3.05, 3.63) is 11.3 Å². The SMILES string of the molecule is CCOC(=O)C1=C(C)C(=O)C2C=NC(N)=NC2=N1. The van der Waals surface area contributed by atoms with Gasteiger partial charge in [-0.05, 0) is 13.8 Å². The summed E-state index contributed by atoms with van der Waals surface area (Å²) in [4.78, 5) is 35.4. The summed E-state index contributed by atoms with van der Waals surface area (Å²) in [6, 6.07) is 0. The van der Waals surface area contributed by atoms with Gasteiger partial charge in [0, 0.05) is 11.8 Å². The number of ketones is 1. The van der Waals surface area contributed by atoms with E-state index in [0.717, 1.165) is 0 Å². The first-order valence-corrected chi connectivity index (χ1v) is 5.43. The van der Waals surface area contributed by atoms with Gasteiger partial charge in [0.2, 0.25) is 5.96 Å². The molecule has 0 saturated carbocycles. The van der Waals surface area contributed by atoms with Crippen LogP contribution in [0, 0.1) is 5.92 Å². The first-order valence-electron chi connectivity index (χ1n) is 5.43. The number of esters is 1. The van der Waals surface area contributed by atoms with Crippen molar-refractivity contribution in [3.63, 3.8) is 0 Å². The summed E-state index contributed by atoms with van der Waals surface area (Å²) in [6.07, 6.45) is 1.38. The Kier molecular flexibility index (Phi) is 3.05. The van der Waals surface area contributed by atoms with Crippen LogP contribution in [-0.4, -0.2) is 36.4 Å². The lowest BCUT2D eigenvalue weighted by atomic mass is 9.93. The number of guanidine groups is 1. The van der Waals surface area contributed by atoms with Crippen molar-refractivity contribution in [1.82, 2.24) is 0 Å². The number of rotatable bonds is 2. The molecule has 0 aromatic heterocycles. The van der Waals surface area contributed by atoms with Gasteiger partial charge in [-0.15, -0.1) is 0 Å². The molecule has 2 aliphatic rings. The average molecular weight is 248 g/mol. The van der Waals surface area contributed by atoms with Gasteiger partial charge in [0.1, 0.15) is 11.8 Å². The zero-order valence-corrected chi connectivity index (χ0v) is 10.0. The predicted molar refractivity (Wildman–Crippen MR) is 65.4 cm³/mol. The van der Waals surface area contributed by atoms with Crippen molar-refractivity contribution in [2.45, 2.75) is 13.8 Å². The summed E-state index contributed by atoms with van der Waals surface area (Å²) < 4.78 is 4.84. The molecule has 94 valence electrons. The molecule has 18 heavy (non-hydrogen) atoms. The van der Waals surface area contributed by atoms with E-state index in [9.17, 15) is 9.59 Å². The molecule has 0 bridgehead atoms. The number of aliphatic imine (C=N–C) groups is 3. The molecular formula is C11H12N4O3. The van der Waals surface area contributed by atoms with Crippen molar-refractivity contribution in [3.8, 4) is 0 Å². The fourth-order valence-electron chi connectivity index (χ4n) is 1.66. The Hall–Kier alpha value is -2.31. The zero-order chi connectivity index (χ0) is 13.3. The van der Waals surface area contributed by atoms with Gasteiger partial charge in [0.05, 0.1) is 6.61 Å². The second-order valence-corrected chi connectivity index (χ2v) is 3.75. The highest BCUT2D eigenvalue weighted by Crippen LogP contribution is 2.23. The van der Waals surface area contributed by atoms with Crippen LogP contribution >= 0.6 is 0 Å². The first-order chi connectivity index (χ1) is 8.54. The smallest absolute Gasteiger partial charge is 0.357 e. The third kappa shape index (κ3) is 1.94. The Morgan fingerprint density at radius 3 is 2.89 bits per heavy atom. The van der Waals surface area contributed by atoms with Gasteiger partial charge in [-0.2, -0.15) is 4.99 Å². The minimum absolute atomic E-state index is 0.0139. The molecular weight excluding hydrogens is 236 g/mol. The standard InChI is InChI=1S/C11H12N4O3/c1-3-18-10(17)7-5(2)8(16)6-4-13-11(12)15-9(6)14-7/h4,6H,3H2,1-2H3,(H2,12,14,15). The van der Waals surface area contributed by atoms with Crippen molar-refractivity contribution in [1.29, 1.82) is 0 Å². The number of allylic oxidation sites excluding steroid dienone is 1. The van der Waals surface area contributed by atoms with Crippen LogP contribution in [0.5, 0.6) is 0 Å². The third-order valence-corrected chi connectivity index (χ3v) is 2.57. The summed E-state index contributed by atoms with van der Waals surface area (Å²) in [5.74, 6) is -1.36. The Balaban J connectivity index is 2.43. The molecule has 0 saturated heterocycles. The van der Waals surface area contributed by atoms with E-state index in [-0.39, 0.29) is 35.5 Å². The van der Waals surface area contributed by atoms with E-state index < -0.39 is 11.9 Å². The van der Waals surface area contributed by atoms with Crippen LogP contribution in [0.1, 0.15) is 13.8 Å². The number of amidine groups is 1. The summed E-state index contributed by atoms with van der Waals surface area (Å²) in [5.41, 5.74) is 5.67. The molecule has 1 unspecified atom stereocenters. The Labute approximate surface area is 103 Å².